The fraction of sp³-hybridized carbons (Fsp3) is 0.818. The molecule has 1 N–H and O–H groups in total. The lowest BCUT2D eigenvalue weighted by Gasteiger charge is -2.19. The van der Waals surface area contributed by atoms with Crippen molar-refractivity contribution in [3.63, 3.8) is 0 Å². The van der Waals surface area contributed by atoms with Crippen LogP contribution in [0.1, 0.15) is 24.2 Å². The fourth-order valence-corrected chi connectivity index (χ4v) is 3.14. The van der Waals surface area contributed by atoms with E-state index in [1.807, 2.05) is 11.8 Å². The van der Waals surface area contributed by atoms with Crippen molar-refractivity contribution in [1.82, 2.24) is 15.5 Å². The van der Waals surface area contributed by atoms with Crippen molar-refractivity contribution in [2.24, 2.45) is 5.92 Å². The molecule has 6 heteroatoms. The summed E-state index contributed by atoms with van der Waals surface area (Å²) in [7, 11) is 0. The Morgan fingerprint density at radius 2 is 2.47 bits per heavy atom. The predicted molar refractivity (Wildman–Crippen MR) is 65.0 cm³/mol. The molecule has 17 heavy (non-hydrogen) atoms. The zero-order valence-electron chi connectivity index (χ0n) is 9.72. The first-order chi connectivity index (χ1) is 8.42. The molecule has 2 atom stereocenters. The third-order valence-corrected chi connectivity index (χ3v) is 4.26. The second-order valence-electron chi connectivity index (χ2n) is 4.56. The number of aromatic nitrogens is 2. The normalized spacial score (nSPS) is 29.6. The molecule has 94 valence electrons. The van der Waals surface area contributed by atoms with Crippen LogP contribution >= 0.6 is 11.8 Å². The summed E-state index contributed by atoms with van der Waals surface area (Å²) in [5.41, 5.74) is 0. The molecule has 0 amide bonds. The second-order valence-corrected chi connectivity index (χ2v) is 5.71. The highest BCUT2D eigenvalue weighted by Crippen LogP contribution is 2.22. The van der Waals surface area contributed by atoms with Gasteiger partial charge in [-0.25, -0.2) is 0 Å². The Balaban J connectivity index is 1.60. The van der Waals surface area contributed by atoms with E-state index in [1.165, 1.54) is 0 Å². The molecule has 0 saturated carbocycles. The molecule has 2 unspecified atom stereocenters. The van der Waals surface area contributed by atoms with Crippen LogP contribution < -0.4 is 5.32 Å². The zero-order valence-corrected chi connectivity index (χ0v) is 10.5. The van der Waals surface area contributed by atoms with Crippen molar-refractivity contribution in [2.75, 3.05) is 31.3 Å². The standard InChI is InChI=1S/C11H17N3O2S/c1-3-15-6-8(1)5-10-13-11(16-14-10)9-7-17-4-2-12-9/h8-9,12H,1-7H2. The summed E-state index contributed by atoms with van der Waals surface area (Å²) in [6.07, 6.45) is 1.99. The van der Waals surface area contributed by atoms with Gasteiger partial charge < -0.3 is 14.6 Å². The molecule has 5 nitrogen and oxygen atoms in total. The van der Waals surface area contributed by atoms with Crippen LogP contribution in [-0.2, 0) is 11.2 Å². The molecule has 0 bridgehead atoms. The number of rotatable bonds is 3. The maximum Gasteiger partial charge on any atom is 0.244 e. The van der Waals surface area contributed by atoms with Gasteiger partial charge in [0.05, 0.1) is 6.04 Å². The van der Waals surface area contributed by atoms with Gasteiger partial charge in [0.1, 0.15) is 0 Å². The molecule has 2 aliphatic heterocycles. The van der Waals surface area contributed by atoms with Crippen molar-refractivity contribution < 1.29 is 9.26 Å². The SMILES string of the molecule is C1CSCC(c2nc(CC3CCOC3)no2)N1. The molecular formula is C11H17N3O2S. The zero-order chi connectivity index (χ0) is 11.5. The molecule has 3 heterocycles. The first-order valence-electron chi connectivity index (χ1n) is 6.13. The van der Waals surface area contributed by atoms with E-state index in [0.29, 0.717) is 5.92 Å². The van der Waals surface area contributed by atoms with Gasteiger partial charge in [-0.2, -0.15) is 16.7 Å². The Hall–Kier alpha value is -0.590. The van der Waals surface area contributed by atoms with Crippen LogP contribution in [0.2, 0.25) is 0 Å². The molecule has 0 radical (unpaired) electrons. The van der Waals surface area contributed by atoms with E-state index in [-0.39, 0.29) is 6.04 Å². The van der Waals surface area contributed by atoms with Gasteiger partial charge in [0.15, 0.2) is 5.82 Å². The summed E-state index contributed by atoms with van der Waals surface area (Å²) >= 11 is 1.93. The van der Waals surface area contributed by atoms with Crippen LogP contribution in [0.4, 0.5) is 0 Å². The number of thioether (sulfide) groups is 1. The highest BCUT2D eigenvalue weighted by atomic mass is 32.2. The predicted octanol–water partition coefficient (Wildman–Crippen LogP) is 1.03. The molecule has 2 aliphatic rings. The fourth-order valence-electron chi connectivity index (χ4n) is 2.22. The van der Waals surface area contributed by atoms with E-state index in [0.717, 1.165) is 55.8 Å². The lowest BCUT2D eigenvalue weighted by Crippen LogP contribution is -2.30. The van der Waals surface area contributed by atoms with E-state index in [9.17, 15) is 0 Å². The summed E-state index contributed by atoms with van der Waals surface area (Å²) in [5, 5.41) is 7.46. The summed E-state index contributed by atoms with van der Waals surface area (Å²) in [6, 6.07) is 0.231. The molecule has 2 fully saturated rings. The highest BCUT2D eigenvalue weighted by molar-refractivity contribution is 7.99. The summed E-state index contributed by atoms with van der Waals surface area (Å²) in [6.45, 7) is 2.72. The first kappa shape index (κ1) is 11.5. The van der Waals surface area contributed by atoms with Crippen LogP contribution in [0, 0.1) is 5.92 Å². The monoisotopic (exact) mass is 255 g/mol. The minimum Gasteiger partial charge on any atom is -0.381 e. The van der Waals surface area contributed by atoms with E-state index in [2.05, 4.69) is 15.5 Å². The van der Waals surface area contributed by atoms with Gasteiger partial charge in [-0.15, -0.1) is 0 Å². The Bertz CT molecular complexity index is 359. The number of ether oxygens (including phenoxy) is 1. The average Bonchev–Trinajstić information content (AvgIpc) is 3.02. The summed E-state index contributed by atoms with van der Waals surface area (Å²) < 4.78 is 10.7. The maximum absolute atomic E-state index is 5.35. The lowest BCUT2D eigenvalue weighted by atomic mass is 10.1. The Morgan fingerprint density at radius 1 is 1.47 bits per heavy atom. The number of nitrogens with one attached hydrogen (secondary N) is 1. The van der Waals surface area contributed by atoms with Crippen molar-refractivity contribution in [3.8, 4) is 0 Å². The van der Waals surface area contributed by atoms with Gasteiger partial charge in [-0.1, -0.05) is 5.16 Å². The van der Waals surface area contributed by atoms with Crippen molar-refractivity contribution in [1.29, 1.82) is 0 Å². The van der Waals surface area contributed by atoms with Crippen LogP contribution in [0.3, 0.4) is 0 Å². The number of hydrogen-bond donors (Lipinski definition) is 1. The van der Waals surface area contributed by atoms with Gasteiger partial charge >= 0.3 is 0 Å². The molecule has 1 aromatic rings. The molecule has 0 spiro atoms. The first-order valence-corrected chi connectivity index (χ1v) is 7.28. The molecule has 0 aromatic carbocycles. The molecule has 2 saturated heterocycles. The Kier molecular flexibility index (Phi) is 3.63. The van der Waals surface area contributed by atoms with Crippen LogP contribution in [-0.4, -0.2) is 41.4 Å². The summed E-state index contributed by atoms with van der Waals surface area (Å²) in [4.78, 5) is 4.49. The Morgan fingerprint density at radius 3 is 3.24 bits per heavy atom. The average molecular weight is 255 g/mol. The van der Waals surface area contributed by atoms with Gasteiger partial charge in [-0.05, 0) is 12.3 Å². The minimum atomic E-state index is 0.231. The highest BCUT2D eigenvalue weighted by Gasteiger charge is 2.23. The summed E-state index contributed by atoms with van der Waals surface area (Å²) in [5.74, 6) is 4.32. The van der Waals surface area contributed by atoms with E-state index < -0.39 is 0 Å². The molecular weight excluding hydrogens is 238 g/mol. The van der Waals surface area contributed by atoms with Gasteiger partial charge in [0.2, 0.25) is 5.89 Å². The van der Waals surface area contributed by atoms with Gasteiger partial charge in [0, 0.05) is 37.7 Å². The van der Waals surface area contributed by atoms with Crippen molar-refractivity contribution in [2.45, 2.75) is 18.9 Å². The van der Waals surface area contributed by atoms with Crippen LogP contribution in [0.5, 0.6) is 0 Å². The van der Waals surface area contributed by atoms with Gasteiger partial charge in [-0.3, -0.25) is 0 Å². The van der Waals surface area contributed by atoms with Crippen molar-refractivity contribution in [3.05, 3.63) is 11.7 Å². The Labute approximate surface area is 105 Å². The maximum atomic E-state index is 5.35. The largest absolute Gasteiger partial charge is 0.381 e. The topological polar surface area (TPSA) is 60.2 Å². The van der Waals surface area contributed by atoms with E-state index in [1.54, 1.807) is 0 Å². The second kappa shape index (κ2) is 5.37. The minimum absolute atomic E-state index is 0.231. The lowest BCUT2D eigenvalue weighted by molar-refractivity contribution is 0.185. The molecule has 3 rings (SSSR count). The quantitative estimate of drug-likeness (QED) is 0.870. The number of nitrogens with zero attached hydrogens (tertiary/aromatic N) is 2. The van der Waals surface area contributed by atoms with E-state index in [4.69, 9.17) is 9.26 Å². The van der Waals surface area contributed by atoms with Gasteiger partial charge in [0.25, 0.3) is 0 Å². The van der Waals surface area contributed by atoms with Crippen molar-refractivity contribution >= 4 is 11.8 Å². The molecule has 0 aliphatic carbocycles. The smallest absolute Gasteiger partial charge is 0.244 e. The number of hydrogen-bond acceptors (Lipinski definition) is 6. The molecule has 1 aromatic heterocycles. The third kappa shape index (κ3) is 2.81. The third-order valence-electron chi connectivity index (χ3n) is 3.20. The van der Waals surface area contributed by atoms with Crippen LogP contribution in [0.15, 0.2) is 4.52 Å². The van der Waals surface area contributed by atoms with Crippen LogP contribution in [0.25, 0.3) is 0 Å². The van der Waals surface area contributed by atoms with E-state index >= 15 is 0 Å².